The molecule has 0 N–H and O–H groups in total. The Bertz CT molecular complexity index is 417. The van der Waals surface area contributed by atoms with E-state index in [1.54, 1.807) is 0 Å². The molecule has 1 aliphatic heterocycles. The van der Waals surface area contributed by atoms with Crippen molar-refractivity contribution in [1.82, 2.24) is 4.90 Å². The van der Waals surface area contributed by atoms with Gasteiger partial charge in [0.25, 0.3) is 0 Å². The van der Waals surface area contributed by atoms with E-state index in [2.05, 4.69) is 18.7 Å². The Morgan fingerprint density at radius 2 is 1.95 bits per heavy atom. The molecule has 0 atom stereocenters. The highest BCUT2D eigenvalue weighted by molar-refractivity contribution is 6.32. The van der Waals surface area contributed by atoms with Crippen molar-refractivity contribution in [2.24, 2.45) is 5.92 Å². The van der Waals surface area contributed by atoms with Crippen LogP contribution in [-0.4, -0.2) is 43.9 Å². The fourth-order valence-electron chi connectivity index (χ4n) is 2.47. The molecule has 118 valence electrons. The normalized spacial score (nSPS) is 17.3. The molecular weight excluding hydrogens is 286 g/mol. The summed E-state index contributed by atoms with van der Waals surface area (Å²) in [7, 11) is 0. The van der Waals surface area contributed by atoms with Gasteiger partial charge in [-0.2, -0.15) is 0 Å². The summed E-state index contributed by atoms with van der Waals surface area (Å²) in [5.41, 5.74) is 0. The Labute approximate surface area is 133 Å². The molecule has 0 aliphatic carbocycles. The van der Waals surface area contributed by atoms with E-state index in [1.165, 1.54) is 0 Å². The van der Waals surface area contributed by atoms with Crippen LogP contribution in [0.25, 0.3) is 0 Å². The summed E-state index contributed by atoms with van der Waals surface area (Å²) in [4.78, 5) is 2.44. The average Bonchev–Trinajstić information content (AvgIpc) is 2.48. The highest BCUT2D eigenvalue weighted by atomic mass is 35.5. The second-order valence-corrected chi connectivity index (χ2v) is 6.45. The first-order valence-corrected chi connectivity index (χ1v) is 8.24. The third-order valence-electron chi connectivity index (χ3n) is 3.70. The summed E-state index contributed by atoms with van der Waals surface area (Å²) in [6.45, 7) is 9.08. The lowest BCUT2D eigenvalue weighted by atomic mass is 10.1. The van der Waals surface area contributed by atoms with Crippen LogP contribution in [0.1, 0.15) is 26.7 Å². The van der Waals surface area contributed by atoms with E-state index in [1.807, 2.05) is 24.3 Å². The van der Waals surface area contributed by atoms with Gasteiger partial charge < -0.3 is 9.47 Å². The van der Waals surface area contributed by atoms with Crippen molar-refractivity contribution in [2.75, 3.05) is 32.8 Å². The van der Waals surface area contributed by atoms with E-state index in [0.29, 0.717) is 23.7 Å². The van der Waals surface area contributed by atoms with Crippen molar-refractivity contribution in [1.29, 1.82) is 0 Å². The van der Waals surface area contributed by atoms with Crippen LogP contribution in [0.5, 0.6) is 5.75 Å². The third-order valence-corrected chi connectivity index (χ3v) is 4.01. The van der Waals surface area contributed by atoms with Crippen molar-refractivity contribution in [3.05, 3.63) is 29.3 Å². The van der Waals surface area contributed by atoms with Gasteiger partial charge in [-0.3, -0.25) is 4.90 Å². The monoisotopic (exact) mass is 311 g/mol. The highest BCUT2D eigenvalue weighted by Crippen LogP contribution is 2.23. The molecule has 0 radical (unpaired) electrons. The number of hydrogen-bond acceptors (Lipinski definition) is 3. The van der Waals surface area contributed by atoms with E-state index in [4.69, 9.17) is 21.1 Å². The number of rotatable bonds is 7. The van der Waals surface area contributed by atoms with Gasteiger partial charge in [0.1, 0.15) is 12.4 Å². The Hall–Kier alpha value is -0.770. The second kappa shape index (κ2) is 8.62. The third kappa shape index (κ3) is 5.85. The molecule has 1 saturated heterocycles. The molecule has 1 aromatic rings. The first-order chi connectivity index (χ1) is 10.1. The van der Waals surface area contributed by atoms with Gasteiger partial charge in [0.15, 0.2) is 0 Å². The molecule has 0 amide bonds. The minimum absolute atomic E-state index is 0.438. The van der Waals surface area contributed by atoms with Crippen molar-refractivity contribution in [2.45, 2.75) is 32.8 Å². The summed E-state index contributed by atoms with van der Waals surface area (Å²) in [5.74, 6) is 1.39. The number of ether oxygens (including phenoxy) is 2. The Balaban J connectivity index is 1.62. The number of halogens is 1. The number of para-hydroxylation sites is 1. The Morgan fingerprint density at radius 3 is 2.62 bits per heavy atom. The molecule has 0 spiro atoms. The molecule has 0 saturated carbocycles. The molecule has 0 aromatic heterocycles. The molecule has 1 aliphatic rings. The van der Waals surface area contributed by atoms with Crippen LogP contribution in [0.15, 0.2) is 24.3 Å². The van der Waals surface area contributed by atoms with Crippen LogP contribution in [-0.2, 0) is 4.74 Å². The number of nitrogens with zero attached hydrogens (tertiary/aromatic N) is 1. The van der Waals surface area contributed by atoms with Gasteiger partial charge in [0.05, 0.1) is 11.1 Å². The zero-order valence-electron chi connectivity index (χ0n) is 13.1. The maximum atomic E-state index is 6.07. The molecule has 1 heterocycles. The van der Waals surface area contributed by atoms with Crippen molar-refractivity contribution in [3.8, 4) is 5.75 Å². The highest BCUT2D eigenvalue weighted by Gasteiger charge is 2.19. The number of piperidine rings is 1. The van der Waals surface area contributed by atoms with Crippen LogP contribution in [0.4, 0.5) is 0 Å². The second-order valence-electron chi connectivity index (χ2n) is 6.05. The number of benzene rings is 1. The number of likely N-dealkylation sites (tertiary alicyclic amines) is 1. The lowest BCUT2D eigenvalue weighted by molar-refractivity contribution is -0.00611. The lowest BCUT2D eigenvalue weighted by Gasteiger charge is -2.32. The minimum atomic E-state index is 0.438. The van der Waals surface area contributed by atoms with E-state index >= 15 is 0 Å². The maximum Gasteiger partial charge on any atom is 0.137 e. The predicted octanol–water partition coefficient (Wildman–Crippen LogP) is 3.86. The molecule has 0 unspecified atom stereocenters. The molecule has 0 bridgehead atoms. The quantitative estimate of drug-likeness (QED) is 0.763. The van der Waals surface area contributed by atoms with Gasteiger partial charge in [-0.25, -0.2) is 0 Å². The standard InChI is InChI=1S/C17H26ClNO2/c1-14(2)13-21-15-7-9-19(10-8-15)11-12-20-17-6-4-3-5-16(17)18/h3-6,14-15H,7-13H2,1-2H3. The SMILES string of the molecule is CC(C)COC1CCN(CCOc2ccccc2Cl)CC1. The predicted molar refractivity (Wildman–Crippen MR) is 87.2 cm³/mol. The Morgan fingerprint density at radius 1 is 1.24 bits per heavy atom. The van der Waals surface area contributed by atoms with Crippen molar-refractivity contribution in [3.63, 3.8) is 0 Å². The molecular formula is C17H26ClNO2. The zero-order chi connectivity index (χ0) is 15.1. The Kier molecular flexibility index (Phi) is 6.81. The van der Waals surface area contributed by atoms with Gasteiger partial charge in [-0.05, 0) is 30.9 Å². The summed E-state index contributed by atoms with van der Waals surface area (Å²) in [6, 6.07) is 7.62. The van der Waals surface area contributed by atoms with E-state index in [-0.39, 0.29) is 0 Å². The zero-order valence-corrected chi connectivity index (χ0v) is 13.8. The summed E-state index contributed by atoms with van der Waals surface area (Å²) in [5, 5.41) is 0.679. The molecule has 1 aromatic carbocycles. The van der Waals surface area contributed by atoms with Crippen LogP contribution in [0.2, 0.25) is 5.02 Å². The molecule has 4 heteroatoms. The van der Waals surface area contributed by atoms with Crippen molar-refractivity contribution >= 4 is 11.6 Å². The van der Waals surface area contributed by atoms with Crippen LogP contribution in [0, 0.1) is 5.92 Å². The first-order valence-electron chi connectivity index (χ1n) is 7.86. The fraction of sp³-hybridized carbons (Fsp3) is 0.647. The van der Waals surface area contributed by atoms with Gasteiger partial charge in [0.2, 0.25) is 0 Å². The largest absolute Gasteiger partial charge is 0.491 e. The minimum Gasteiger partial charge on any atom is -0.491 e. The molecule has 3 nitrogen and oxygen atoms in total. The van der Waals surface area contributed by atoms with Gasteiger partial charge in [-0.15, -0.1) is 0 Å². The van der Waals surface area contributed by atoms with E-state index in [0.717, 1.165) is 44.8 Å². The first kappa shape index (κ1) is 16.6. The van der Waals surface area contributed by atoms with Gasteiger partial charge in [-0.1, -0.05) is 37.6 Å². The van der Waals surface area contributed by atoms with E-state index in [9.17, 15) is 0 Å². The summed E-state index contributed by atoms with van der Waals surface area (Å²) in [6.07, 6.45) is 2.69. The molecule has 21 heavy (non-hydrogen) atoms. The summed E-state index contributed by atoms with van der Waals surface area (Å²) < 4.78 is 11.6. The van der Waals surface area contributed by atoms with Gasteiger partial charge >= 0.3 is 0 Å². The van der Waals surface area contributed by atoms with Crippen molar-refractivity contribution < 1.29 is 9.47 Å². The van der Waals surface area contributed by atoms with Crippen LogP contribution >= 0.6 is 11.6 Å². The molecule has 2 rings (SSSR count). The smallest absolute Gasteiger partial charge is 0.137 e. The fourth-order valence-corrected chi connectivity index (χ4v) is 2.66. The molecule has 1 fully saturated rings. The van der Waals surface area contributed by atoms with Crippen LogP contribution in [0.3, 0.4) is 0 Å². The van der Waals surface area contributed by atoms with E-state index < -0.39 is 0 Å². The average molecular weight is 312 g/mol. The number of hydrogen-bond donors (Lipinski definition) is 0. The summed E-state index contributed by atoms with van der Waals surface area (Å²) >= 11 is 6.07. The topological polar surface area (TPSA) is 21.7 Å². The van der Waals surface area contributed by atoms with Crippen LogP contribution < -0.4 is 4.74 Å². The maximum absolute atomic E-state index is 6.07. The van der Waals surface area contributed by atoms with Gasteiger partial charge in [0, 0.05) is 26.2 Å². The lowest BCUT2D eigenvalue weighted by Crippen LogP contribution is -2.39.